The summed E-state index contributed by atoms with van der Waals surface area (Å²) in [6, 6.07) is 11.2. The Morgan fingerprint density at radius 3 is 2.55 bits per heavy atom. The van der Waals surface area contributed by atoms with E-state index >= 15 is 0 Å². The van der Waals surface area contributed by atoms with Crippen molar-refractivity contribution >= 4 is 17.6 Å². The van der Waals surface area contributed by atoms with Crippen molar-refractivity contribution in [3.05, 3.63) is 75.3 Å². The molecule has 1 N–H and O–H groups in total. The highest BCUT2D eigenvalue weighted by Crippen LogP contribution is 2.35. The standard InChI is InChI=1S/C23H22ClF3O4/c24-19-5-1-15(2-6-19)11-17-9-10-30-13-18(17)14-31-20-7-3-16(4-8-22(28)29)21(12-20)23(25,26)27/h1-3,5-7,12H,4,8-11,13-14H2,(H,28,29). The van der Waals surface area contributed by atoms with Gasteiger partial charge in [0.25, 0.3) is 0 Å². The van der Waals surface area contributed by atoms with E-state index in [9.17, 15) is 18.0 Å². The molecule has 0 saturated carbocycles. The number of benzene rings is 2. The van der Waals surface area contributed by atoms with Crippen LogP contribution in [0.15, 0.2) is 53.6 Å². The zero-order valence-electron chi connectivity index (χ0n) is 16.7. The van der Waals surface area contributed by atoms with Crippen LogP contribution in [0.5, 0.6) is 5.75 Å². The summed E-state index contributed by atoms with van der Waals surface area (Å²) in [4.78, 5) is 10.7. The SMILES string of the molecule is O=C(O)CCc1ccc(OCC2=C(Cc3ccc(Cl)cc3)CCOC2)cc1C(F)(F)F. The van der Waals surface area contributed by atoms with Gasteiger partial charge in [0.2, 0.25) is 0 Å². The van der Waals surface area contributed by atoms with E-state index in [1.54, 1.807) is 0 Å². The van der Waals surface area contributed by atoms with Gasteiger partial charge in [0, 0.05) is 11.4 Å². The normalized spacial score (nSPS) is 14.6. The molecule has 4 nitrogen and oxygen atoms in total. The minimum absolute atomic E-state index is 0.0640. The molecule has 31 heavy (non-hydrogen) atoms. The van der Waals surface area contributed by atoms with Crippen LogP contribution >= 0.6 is 11.6 Å². The van der Waals surface area contributed by atoms with Crippen molar-refractivity contribution in [3.63, 3.8) is 0 Å². The molecule has 1 aliphatic heterocycles. The number of carboxylic acids is 1. The van der Waals surface area contributed by atoms with Gasteiger partial charge in [0.1, 0.15) is 12.4 Å². The van der Waals surface area contributed by atoms with Gasteiger partial charge in [-0.15, -0.1) is 0 Å². The molecule has 0 unspecified atom stereocenters. The lowest BCUT2D eigenvalue weighted by Gasteiger charge is -2.22. The summed E-state index contributed by atoms with van der Waals surface area (Å²) in [5.74, 6) is -1.07. The molecule has 0 spiro atoms. The van der Waals surface area contributed by atoms with Crippen LogP contribution in [0.2, 0.25) is 5.02 Å². The molecule has 8 heteroatoms. The van der Waals surface area contributed by atoms with Gasteiger partial charge in [-0.1, -0.05) is 35.4 Å². The van der Waals surface area contributed by atoms with Crippen LogP contribution in [0.3, 0.4) is 0 Å². The maximum Gasteiger partial charge on any atom is 0.416 e. The Bertz CT molecular complexity index is 952. The average molecular weight is 455 g/mol. The second kappa shape index (κ2) is 10.2. The molecule has 0 saturated heterocycles. The molecule has 1 heterocycles. The fourth-order valence-corrected chi connectivity index (χ4v) is 3.54. The quantitative estimate of drug-likeness (QED) is 0.519. The molecule has 1 aliphatic rings. The van der Waals surface area contributed by atoms with Gasteiger partial charge >= 0.3 is 12.1 Å². The van der Waals surface area contributed by atoms with Crippen molar-refractivity contribution in [2.75, 3.05) is 19.8 Å². The Hall–Kier alpha value is -2.51. The maximum atomic E-state index is 13.4. The average Bonchev–Trinajstić information content (AvgIpc) is 2.73. The topological polar surface area (TPSA) is 55.8 Å². The van der Waals surface area contributed by atoms with Crippen LogP contribution in [0, 0.1) is 0 Å². The number of halogens is 4. The van der Waals surface area contributed by atoms with Crippen LogP contribution in [0.25, 0.3) is 0 Å². The van der Waals surface area contributed by atoms with Crippen molar-refractivity contribution in [2.45, 2.75) is 31.9 Å². The second-order valence-electron chi connectivity index (χ2n) is 7.31. The molecular formula is C23H22ClF3O4. The highest BCUT2D eigenvalue weighted by molar-refractivity contribution is 6.30. The Balaban J connectivity index is 1.75. The van der Waals surface area contributed by atoms with Gasteiger partial charge in [0.05, 0.1) is 18.8 Å². The minimum Gasteiger partial charge on any atom is -0.489 e. The Labute approximate surface area is 183 Å². The van der Waals surface area contributed by atoms with Gasteiger partial charge in [-0.3, -0.25) is 4.79 Å². The molecule has 0 bridgehead atoms. The molecule has 166 valence electrons. The first-order valence-corrected chi connectivity index (χ1v) is 10.2. The van der Waals surface area contributed by atoms with Gasteiger partial charge < -0.3 is 14.6 Å². The molecule has 2 aromatic carbocycles. The highest BCUT2D eigenvalue weighted by Gasteiger charge is 2.33. The summed E-state index contributed by atoms with van der Waals surface area (Å²) in [7, 11) is 0. The fraction of sp³-hybridized carbons (Fsp3) is 0.348. The van der Waals surface area contributed by atoms with Crippen LogP contribution in [0.1, 0.15) is 29.5 Å². The van der Waals surface area contributed by atoms with E-state index in [1.165, 1.54) is 12.1 Å². The highest BCUT2D eigenvalue weighted by atomic mass is 35.5. The van der Waals surface area contributed by atoms with E-state index in [4.69, 9.17) is 26.2 Å². The van der Waals surface area contributed by atoms with Gasteiger partial charge in [-0.05, 0) is 60.2 Å². The van der Waals surface area contributed by atoms with Crippen molar-refractivity contribution in [1.82, 2.24) is 0 Å². The number of rotatable bonds is 8. The molecule has 0 aromatic heterocycles. The molecular weight excluding hydrogens is 433 g/mol. The summed E-state index contributed by atoms with van der Waals surface area (Å²) in [6.07, 6.45) is -3.75. The lowest BCUT2D eigenvalue weighted by molar-refractivity contribution is -0.140. The Kier molecular flexibility index (Phi) is 7.62. The predicted molar refractivity (Wildman–Crippen MR) is 111 cm³/mol. The first-order chi connectivity index (χ1) is 14.7. The zero-order chi connectivity index (χ0) is 22.4. The van der Waals surface area contributed by atoms with E-state index < -0.39 is 17.7 Å². The first-order valence-electron chi connectivity index (χ1n) is 9.79. The van der Waals surface area contributed by atoms with E-state index in [0.29, 0.717) is 24.7 Å². The maximum absolute atomic E-state index is 13.4. The van der Waals surface area contributed by atoms with Crippen molar-refractivity contribution in [2.24, 2.45) is 0 Å². The van der Waals surface area contributed by atoms with E-state index in [-0.39, 0.29) is 30.8 Å². The molecule has 0 atom stereocenters. The number of carboxylic acid groups (broad SMARTS) is 1. The first kappa shape index (κ1) is 23.2. The Morgan fingerprint density at radius 1 is 1.13 bits per heavy atom. The monoisotopic (exact) mass is 454 g/mol. The lowest BCUT2D eigenvalue weighted by atomic mass is 9.96. The van der Waals surface area contributed by atoms with Crippen LogP contribution in [-0.4, -0.2) is 30.9 Å². The largest absolute Gasteiger partial charge is 0.489 e. The summed E-state index contributed by atoms with van der Waals surface area (Å²) in [6.45, 7) is 1.07. The van der Waals surface area contributed by atoms with Crippen molar-refractivity contribution in [3.8, 4) is 5.75 Å². The molecule has 0 aliphatic carbocycles. The lowest BCUT2D eigenvalue weighted by Crippen LogP contribution is -2.18. The predicted octanol–water partition coefficient (Wildman–Crippen LogP) is 5.71. The van der Waals surface area contributed by atoms with Gasteiger partial charge in [-0.2, -0.15) is 13.2 Å². The summed E-state index contributed by atoms with van der Waals surface area (Å²) in [5.41, 5.74) is 2.20. The second-order valence-corrected chi connectivity index (χ2v) is 7.75. The molecule has 0 radical (unpaired) electrons. The third kappa shape index (κ3) is 6.74. The summed E-state index contributed by atoms with van der Waals surface area (Å²) in [5, 5.41) is 9.42. The van der Waals surface area contributed by atoms with Crippen molar-refractivity contribution in [1.29, 1.82) is 0 Å². The summed E-state index contributed by atoms with van der Waals surface area (Å²) >= 11 is 5.93. The number of ether oxygens (including phenoxy) is 2. The number of carbonyl (C=O) groups is 1. The van der Waals surface area contributed by atoms with E-state index in [1.807, 2.05) is 24.3 Å². The zero-order valence-corrected chi connectivity index (χ0v) is 17.4. The summed E-state index contributed by atoms with van der Waals surface area (Å²) < 4.78 is 51.5. The molecule has 0 fully saturated rings. The molecule has 3 rings (SSSR count). The fourth-order valence-electron chi connectivity index (χ4n) is 3.41. The van der Waals surface area contributed by atoms with E-state index in [0.717, 1.165) is 29.2 Å². The third-order valence-electron chi connectivity index (χ3n) is 5.06. The minimum atomic E-state index is -4.60. The molecule has 2 aromatic rings. The number of hydrogen-bond acceptors (Lipinski definition) is 3. The van der Waals surface area contributed by atoms with Crippen LogP contribution in [-0.2, 0) is 28.5 Å². The van der Waals surface area contributed by atoms with Crippen molar-refractivity contribution < 1.29 is 32.5 Å². The Morgan fingerprint density at radius 2 is 1.87 bits per heavy atom. The third-order valence-corrected chi connectivity index (χ3v) is 5.32. The number of aliphatic carboxylic acids is 1. The molecule has 0 amide bonds. The number of hydrogen-bond donors (Lipinski definition) is 1. The van der Waals surface area contributed by atoms with Gasteiger partial charge in [-0.25, -0.2) is 0 Å². The number of aryl methyl sites for hydroxylation is 1. The van der Waals surface area contributed by atoms with Crippen LogP contribution in [0.4, 0.5) is 13.2 Å². The number of alkyl halides is 3. The van der Waals surface area contributed by atoms with Crippen LogP contribution < -0.4 is 4.74 Å². The van der Waals surface area contributed by atoms with Gasteiger partial charge in [0.15, 0.2) is 0 Å². The smallest absolute Gasteiger partial charge is 0.416 e. The van der Waals surface area contributed by atoms with E-state index in [2.05, 4.69) is 0 Å².